The van der Waals surface area contributed by atoms with Crippen molar-refractivity contribution in [2.75, 3.05) is 6.79 Å². The summed E-state index contributed by atoms with van der Waals surface area (Å²) in [5.74, 6) is 1.49. The summed E-state index contributed by atoms with van der Waals surface area (Å²) in [6.07, 6.45) is 8.02. The Morgan fingerprint density at radius 3 is 2.53 bits per heavy atom. The molecule has 1 aliphatic heterocycles. The number of ether oxygens (including phenoxy) is 2. The van der Waals surface area contributed by atoms with Gasteiger partial charge in [0.05, 0.1) is 5.60 Å². The van der Waals surface area contributed by atoms with Crippen molar-refractivity contribution in [2.24, 2.45) is 0 Å². The normalized spacial score (nSPS) is 13.7. The Morgan fingerprint density at radius 1 is 1.16 bits per heavy atom. The van der Waals surface area contributed by atoms with E-state index >= 15 is 0 Å². The Morgan fingerprint density at radius 2 is 1.84 bits per heavy atom. The Kier molecular flexibility index (Phi) is 4.07. The van der Waals surface area contributed by atoms with Crippen LogP contribution in [0.3, 0.4) is 0 Å². The fourth-order valence-electron chi connectivity index (χ4n) is 1.99. The standard InChI is InChI=1S/C16H18O3/c1-3-8-16(17,9-4-2)10-7-13-5-6-14-15(11-13)19-12-18-14/h3-7,10-11,17H,1-2,8-9,12H2. The molecule has 0 saturated heterocycles. The van der Waals surface area contributed by atoms with Crippen LogP contribution in [0.15, 0.2) is 49.6 Å². The van der Waals surface area contributed by atoms with Crippen molar-refractivity contribution in [1.82, 2.24) is 0 Å². The van der Waals surface area contributed by atoms with Gasteiger partial charge in [0, 0.05) is 0 Å². The van der Waals surface area contributed by atoms with Crippen LogP contribution in [-0.2, 0) is 0 Å². The van der Waals surface area contributed by atoms with Crippen LogP contribution >= 0.6 is 0 Å². The first-order chi connectivity index (χ1) is 9.17. The van der Waals surface area contributed by atoms with Crippen LogP contribution in [0.4, 0.5) is 0 Å². The molecular weight excluding hydrogens is 240 g/mol. The molecule has 100 valence electrons. The molecule has 0 saturated carbocycles. The predicted molar refractivity (Wildman–Crippen MR) is 76.2 cm³/mol. The number of rotatable bonds is 6. The van der Waals surface area contributed by atoms with Crippen LogP contribution in [0.25, 0.3) is 6.08 Å². The van der Waals surface area contributed by atoms with Gasteiger partial charge < -0.3 is 14.6 Å². The number of fused-ring (bicyclic) bond motifs is 1. The maximum atomic E-state index is 10.4. The van der Waals surface area contributed by atoms with Crippen molar-refractivity contribution >= 4 is 6.08 Å². The summed E-state index contributed by atoms with van der Waals surface area (Å²) in [5.41, 5.74) is 0.0238. The summed E-state index contributed by atoms with van der Waals surface area (Å²) < 4.78 is 10.6. The fraction of sp³-hybridized carbons (Fsp3) is 0.250. The maximum absolute atomic E-state index is 10.4. The molecule has 19 heavy (non-hydrogen) atoms. The number of benzene rings is 1. The van der Waals surface area contributed by atoms with E-state index in [4.69, 9.17) is 9.47 Å². The molecule has 0 unspecified atom stereocenters. The monoisotopic (exact) mass is 258 g/mol. The summed E-state index contributed by atoms with van der Waals surface area (Å²) in [7, 11) is 0. The molecule has 0 radical (unpaired) electrons. The Labute approximate surface area is 113 Å². The lowest BCUT2D eigenvalue weighted by molar-refractivity contribution is 0.0986. The lowest BCUT2D eigenvalue weighted by atomic mass is 9.94. The highest BCUT2D eigenvalue weighted by Gasteiger charge is 2.19. The highest BCUT2D eigenvalue weighted by atomic mass is 16.7. The lowest BCUT2D eigenvalue weighted by Gasteiger charge is -2.21. The van der Waals surface area contributed by atoms with Crippen LogP contribution < -0.4 is 9.47 Å². The minimum atomic E-state index is -0.931. The Bertz CT molecular complexity index is 493. The molecule has 1 aromatic carbocycles. The number of hydrogen-bond donors (Lipinski definition) is 1. The SMILES string of the molecule is C=CCC(O)(C=Cc1ccc2c(c1)OCO2)CC=C. The number of hydrogen-bond acceptors (Lipinski definition) is 3. The minimum absolute atomic E-state index is 0.263. The van der Waals surface area contributed by atoms with E-state index in [1.165, 1.54) is 0 Å². The average molecular weight is 258 g/mol. The summed E-state index contributed by atoms with van der Waals surface area (Å²) in [6, 6.07) is 5.68. The molecule has 0 atom stereocenters. The van der Waals surface area contributed by atoms with Crippen molar-refractivity contribution in [3.8, 4) is 11.5 Å². The molecule has 1 N–H and O–H groups in total. The second-order valence-corrected chi connectivity index (χ2v) is 4.54. The van der Waals surface area contributed by atoms with Gasteiger partial charge in [-0.15, -0.1) is 13.2 Å². The molecule has 2 rings (SSSR count). The van der Waals surface area contributed by atoms with E-state index in [-0.39, 0.29) is 6.79 Å². The molecule has 0 amide bonds. The van der Waals surface area contributed by atoms with Gasteiger partial charge in [-0.25, -0.2) is 0 Å². The smallest absolute Gasteiger partial charge is 0.231 e. The molecular formula is C16H18O3. The van der Waals surface area contributed by atoms with Gasteiger partial charge in [0.15, 0.2) is 11.5 Å². The highest BCUT2D eigenvalue weighted by Crippen LogP contribution is 2.33. The zero-order chi connectivity index (χ0) is 13.7. The van der Waals surface area contributed by atoms with Crippen LogP contribution in [-0.4, -0.2) is 17.5 Å². The van der Waals surface area contributed by atoms with E-state index in [0.717, 1.165) is 17.1 Å². The molecule has 1 aliphatic rings. The molecule has 1 aromatic rings. The summed E-state index contributed by atoms with van der Waals surface area (Å²) in [6.45, 7) is 7.59. The molecule has 0 fully saturated rings. The first-order valence-electron chi connectivity index (χ1n) is 6.20. The summed E-state index contributed by atoms with van der Waals surface area (Å²) >= 11 is 0. The lowest BCUT2D eigenvalue weighted by Crippen LogP contribution is -2.23. The van der Waals surface area contributed by atoms with Crippen LogP contribution in [0.5, 0.6) is 11.5 Å². The largest absolute Gasteiger partial charge is 0.454 e. The van der Waals surface area contributed by atoms with Gasteiger partial charge in [-0.05, 0) is 30.5 Å². The maximum Gasteiger partial charge on any atom is 0.231 e. The Hall–Kier alpha value is -2.00. The van der Waals surface area contributed by atoms with Crippen molar-refractivity contribution in [3.63, 3.8) is 0 Å². The van der Waals surface area contributed by atoms with Gasteiger partial charge in [0.2, 0.25) is 6.79 Å². The third kappa shape index (κ3) is 3.26. The minimum Gasteiger partial charge on any atom is -0.454 e. The third-order valence-corrected chi connectivity index (χ3v) is 2.98. The molecule has 1 heterocycles. The zero-order valence-electron chi connectivity index (χ0n) is 10.8. The molecule has 0 spiro atoms. The first kappa shape index (κ1) is 13.4. The van der Waals surface area contributed by atoms with Gasteiger partial charge in [-0.3, -0.25) is 0 Å². The van der Waals surface area contributed by atoms with Crippen molar-refractivity contribution < 1.29 is 14.6 Å². The van der Waals surface area contributed by atoms with Crippen LogP contribution in [0, 0.1) is 0 Å². The van der Waals surface area contributed by atoms with E-state index in [2.05, 4.69) is 13.2 Å². The molecule has 0 aromatic heterocycles. The predicted octanol–water partition coefficient (Wildman–Crippen LogP) is 3.31. The number of aliphatic hydroxyl groups is 1. The van der Waals surface area contributed by atoms with Gasteiger partial charge >= 0.3 is 0 Å². The van der Waals surface area contributed by atoms with Gasteiger partial charge in [0.1, 0.15) is 0 Å². The van der Waals surface area contributed by atoms with E-state index in [0.29, 0.717) is 12.8 Å². The van der Waals surface area contributed by atoms with E-state index in [1.54, 1.807) is 18.2 Å². The average Bonchev–Trinajstić information content (AvgIpc) is 2.84. The summed E-state index contributed by atoms with van der Waals surface area (Å²) in [5, 5.41) is 10.4. The second-order valence-electron chi connectivity index (χ2n) is 4.54. The van der Waals surface area contributed by atoms with Crippen LogP contribution in [0.2, 0.25) is 0 Å². The molecule has 0 aliphatic carbocycles. The Balaban J connectivity index is 2.16. The van der Waals surface area contributed by atoms with E-state index in [1.807, 2.05) is 24.3 Å². The quantitative estimate of drug-likeness (QED) is 0.796. The molecule has 3 nitrogen and oxygen atoms in total. The first-order valence-corrected chi connectivity index (χ1v) is 6.20. The molecule has 3 heteroatoms. The van der Waals surface area contributed by atoms with Crippen molar-refractivity contribution in [1.29, 1.82) is 0 Å². The summed E-state index contributed by atoms with van der Waals surface area (Å²) in [4.78, 5) is 0. The van der Waals surface area contributed by atoms with Crippen LogP contribution in [0.1, 0.15) is 18.4 Å². The van der Waals surface area contributed by atoms with Gasteiger partial charge in [-0.2, -0.15) is 0 Å². The highest BCUT2D eigenvalue weighted by molar-refractivity contribution is 5.57. The fourth-order valence-corrected chi connectivity index (χ4v) is 1.99. The molecule has 0 bridgehead atoms. The zero-order valence-corrected chi connectivity index (χ0v) is 10.8. The van der Waals surface area contributed by atoms with Gasteiger partial charge in [-0.1, -0.05) is 30.4 Å². The van der Waals surface area contributed by atoms with E-state index < -0.39 is 5.60 Å². The third-order valence-electron chi connectivity index (χ3n) is 2.98. The second kappa shape index (κ2) is 5.76. The van der Waals surface area contributed by atoms with E-state index in [9.17, 15) is 5.11 Å². The van der Waals surface area contributed by atoms with Crippen molar-refractivity contribution in [2.45, 2.75) is 18.4 Å². The topological polar surface area (TPSA) is 38.7 Å². The van der Waals surface area contributed by atoms with Crippen molar-refractivity contribution in [3.05, 3.63) is 55.1 Å². The van der Waals surface area contributed by atoms with Gasteiger partial charge in [0.25, 0.3) is 0 Å².